The quantitative estimate of drug-likeness (QED) is 0.642. The summed E-state index contributed by atoms with van der Waals surface area (Å²) in [6.07, 6.45) is 3.12. The molecule has 0 rings (SSSR count). The summed E-state index contributed by atoms with van der Waals surface area (Å²) in [5, 5.41) is 8.53. The van der Waals surface area contributed by atoms with Gasteiger partial charge < -0.3 is 15.7 Å². The van der Waals surface area contributed by atoms with E-state index >= 15 is 0 Å². The van der Waals surface area contributed by atoms with Gasteiger partial charge in [0.15, 0.2) is 0 Å². The van der Waals surface area contributed by atoms with Crippen molar-refractivity contribution in [2.75, 3.05) is 20.1 Å². The SMILES string of the molecule is CCC(CCN)CCC(=O)N(C)CC(=O)O. The molecule has 16 heavy (non-hydrogen) atoms. The first-order valence-electron chi connectivity index (χ1n) is 5.67. The van der Waals surface area contributed by atoms with Crippen molar-refractivity contribution in [1.82, 2.24) is 4.90 Å². The molecule has 0 aromatic rings. The van der Waals surface area contributed by atoms with Gasteiger partial charge in [0.1, 0.15) is 6.54 Å². The van der Waals surface area contributed by atoms with Gasteiger partial charge in [0, 0.05) is 13.5 Å². The van der Waals surface area contributed by atoms with Crippen LogP contribution in [0.25, 0.3) is 0 Å². The fraction of sp³-hybridized carbons (Fsp3) is 0.818. The summed E-state index contributed by atoms with van der Waals surface area (Å²) in [7, 11) is 1.51. The van der Waals surface area contributed by atoms with Crippen molar-refractivity contribution in [3.8, 4) is 0 Å². The fourth-order valence-corrected chi connectivity index (χ4v) is 1.60. The lowest BCUT2D eigenvalue weighted by Crippen LogP contribution is -2.32. The van der Waals surface area contributed by atoms with Crippen molar-refractivity contribution >= 4 is 11.9 Å². The molecule has 0 aliphatic rings. The number of amides is 1. The van der Waals surface area contributed by atoms with E-state index in [1.165, 1.54) is 11.9 Å². The molecule has 1 atom stereocenters. The lowest BCUT2D eigenvalue weighted by atomic mass is 9.96. The van der Waals surface area contributed by atoms with E-state index in [1.807, 2.05) is 0 Å². The Hall–Kier alpha value is -1.10. The van der Waals surface area contributed by atoms with Crippen LogP contribution in [0.1, 0.15) is 32.6 Å². The summed E-state index contributed by atoms with van der Waals surface area (Å²) in [6.45, 7) is 2.48. The van der Waals surface area contributed by atoms with E-state index in [-0.39, 0.29) is 12.5 Å². The molecule has 0 aliphatic heterocycles. The Balaban J connectivity index is 3.90. The molecule has 0 radical (unpaired) electrons. The maximum atomic E-state index is 11.5. The van der Waals surface area contributed by atoms with Gasteiger partial charge in [-0.15, -0.1) is 0 Å². The first-order chi connectivity index (χ1) is 7.51. The summed E-state index contributed by atoms with van der Waals surface area (Å²) in [6, 6.07) is 0. The zero-order chi connectivity index (χ0) is 12.6. The number of nitrogens with two attached hydrogens (primary N) is 1. The summed E-state index contributed by atoms with van der Waals surface area (Å²) in [5.41, 5.74) is 5.46. The lowest BCUT2D eigenvalue weighted by Gasteiger charge is -2.17. The second kappa shape index (κ2) is 8.10. The van der Waals surface area contributed by atoms with E-state index in [9.17, 15) is 9.59 Å². The van der Waals surface area contributed by atoms with Gasteiger partial charge in [0.2, 0.25) is 5.91 Å². The molecule has 1 amide bonds. The van der Waals surface area contributed by atoms with Crippen molar-refractivity contribution < 1.29 is 14.7 Å². The summed E-state index contributed by atoms with van der Waals surface area (Å²) in [5.74, 6) is -0.630. The minimum absolute atomic E-state index is 0.113. The molecule has 0 aromatic carbocycles. The Morgan fingerprint density at radius 3 is 2.44 bits per heavy atom. The van der Waals surface area contributed by atoms with Crippen molar-refractivity contribution in [1.29, 1.82) is 0 Å². The van der Waals surface area contributed by atoms with Gasteiger partial charge in [-0.2, -0.15) is 0 Å². The molecule has 5 heteroatoms. The fourth-order valence-electron chi connectivity index (χ4n) is 1.60. The first-order valence-corrected chi connectivity index (χ1v) is 5.67. The number of aliphatic carboxylic acids is 1. The highest BCUT2D eigenvalue weighted by molar-refractivity contribution is 5.80. The van der Waals surface area contributed by atoms with Gasteiger partial charge in [-0.25, -0.2) is 0 Å². The maximum Gasteiger partial charge on any atom is 0.323 e. The number of likely N-dealkylation sites (N-methyl/N-ethyl adjacent to an activating group) is 1. The largest absolute Gasteiger partial charge is 0.480 e. The van der Waals surface area contributed by atoms with Crippen LogP contribution in [0.15, 0.2) is 0 Å². The van der Waals surface area contributed by atoms with E-state index in [0.29, 0.717) is 18.9 Å². The predicted molar refractivity (Wildman–Crippen MR) is 62.0 cm³/mol. The normalized spacial score (nSPS) is 12.2. The van der Waals surface area contributed by atoms with Gasteiger partial charge in [0.05, 0.1) is 0 Å². The zero-order valence-corrected chi connectivity index (χ0v) is 10.1. The van der Waals surface area contributed by atoms with Crippen LogP contribution >= 0.6 is 0 Å². The standard InChI is InChI=1S/C11H22N2O3/c1-3-9(6-7-12)4-5-10(14)13(2)8-11(15)16/h9H,3-8,12H2,1-2H3,(H,15,16). The number of hydrogen-bond acceptors (Lipinski definition) is 3. The molecule has 0 heterocycles. The highest BCUT2D eigenvalue weighted by atomic mass is 16.4. The van der Waals surface area contributed by atoms with Gasteiger partial charge in [-0.1, -0.05) is 13.3 Å². The molecule has 1 unspecified atom stereocenters. The maximum absolute atomic E-state index is 11.5. The molecular formula is C11H22N2O3. The Morgan fingerprint density at radius 1 is 1.38 bits per heavy atom. The third kappa shape index (κ3) is 6.40. The van der Waals surface area contributed by atoms with Crippen LogP contribution < -0.4 is 5.73 Å². The lowest BCUT2D eigenvalue weighted by molar-refractivity contribution is -0.143. The predicted octanol–water partition coefficient (Wildman–Crippen LogP) is 0.685. The average molecular weight is 230 g/mol. The van der Waals surface area contributed by atoms with E-state index in [0.717, 1.165) is 19.3 Å². The third-order valence-corrected chi connectivity index (χ3v) is 2.72. The molecular weight excluding hydrogens is 208 g/mol. The molecule has 0 aliphatic carbocycles. The Bertz CT molecular complexity index is 231. The van der Waals surface area contributed by atoms with Crippen molar-refractivity contribution in [2.24, 2.45) is 11.7 Å². The van der Waals surface area contributed by atoms with Crippen LogP contribution in [0.2, 0.25) is 0 Å². The van der Waals surface area contributed by atoms with Gasteiger partial charge in [-0.3, -0.25) is 9.59 Å². The van der Waals surface area contributed by atoms with Crippen LogP contribution in [0.3, 0.4) is 0 Å². The Labute approximate surface area is 96.6 Å². The number of carboxylic acids is 1. The molecule has 0 spiro atoms. The molecule has 0 fully saturated rings. The van der Waals surface area contributed by atoms with Gasteiger partial charge in [0.25, 0.3) is 0 Å². The third-order valence-electron chi connectivity index (χ3n) is 2.72. The van der Waals surface area contributed by atoms with Gasteiger partial charge in [-0.05, 0) is 25.3 Å². The highest BCUT2D eigenvalue weighted by Crippen LogP contribution is 2.15. The average Bonchev–Trinajstić information content (AvgIpc) is 2.22. The topological polar surface area (TPSA) is 83.6 Å². The summed E-state index contributed by atoms with van der Waals surface area (Å²) in [4.78, 5) is 23.2. The van der Waals surface area contributed by atoms with Crippen molar-refractivity contribution in [2.45, 2.75) is 32.6 Å². The molecule has 94 valence electrons. The van der Waals surface area contributed by atoms with Crippen LogP contribution in [0, 0.1) is 5.92 Å². The number of carboxylic acid groups (broad SMARTS) is 1. The van der Waals surface area contributed by atoms with E-state index < -0.39 is 5.97 Å². The number of carbonyl (C=O) groups is 2. The molecule has 0 aromatic heterocycles. The first kappa shape index (κ1) is 14.9. The molecule has 5 nitrogen and oxygen atoms in total. The molecule has 0 saturated carbocycles. The van der Waals surface area contributed by atoms with Crippen LogP contribution in [-0.4, -0.2) is 42.0 Å². The highest BCUT2D eigenvalue weighted by Gasteiger charge is 2.14. The smallest absolute Gasteiger partial charge is 0.323 e. The molecule has 0 saturated heterocycles. The Morgan fingerprint density at radius 2 is 2.00 bits per heavy atom. The van der Waals surface area contributed by atoms with Crippen molar-refractivity contribution in [3.63, 3.8) is 0 Å². The number of rotatable bonds is 8. The van der Waals surface area contributed by atoms with Crippen LogP contribution in [-0.2, 0) is 9.59 Å². The molecule has 0 bridgehead atoms. The molecule has 3 N–H and O–H groups in total. The monoisotopic (exact) mass is 230 g/mol. The zero-order valence-electron chi connectivity index (χ0n) is 10.1. The Kier molecular flexibility index (Phi) is 7.54. The van der Waals surface area contributed by atoms with Gasteiger partial charge >= 0.3 is 5.97 Å². The van der Waals surface area contributed by atoms with Crippen molar-refractivity contribution in [3.05, 3.63) is 0 Å². The second-order valence-corrected chi connectivity index (χ2v) is 4.03. The number of hydrogen-bond donors (Lipinski definition) is 2. The van der Waals surface area contributed by atoms with Crippen LogP contribution in [0.5, 0.6) is 0 Å². The number of nitrogens with zero attached hydrogens (tertiary/aromatic N) is 1. The summed E-state index contributed by atoms with van der Waals surface area (Å²) >= 11 is 0. The summed E-state index contributed by atoms with van der Waals surface area (Å²) < 4.78 is 0. The number of carbonyl (C=O) groups excluding carboxylic acids is 1. The van der Waals surface area contributed by atoms with E-state index in [1.54, 1.807) is 0 Å². The minimum Gasteiger partial charge on any atom is -0.480 e. The second-order valence-electron chi connectivity index (χ2n) is 4.03. The van der Waals surface area contributed by atoms with Crippen LogP contribution in [0.4, 0.5) is 0 Å². The minimum atomic E-state index is -0.982. The van der Waals surface area contributed by atoms with E-state index in [2.05, 4.69) is 6.92 Å². The van der Waals surface area contributed by atoms with E-state index in [4.69, 9.17) is 10.8 Å².